The van der Waals surface area contributed by atoms with Crippen molar-refractivity contribution < 1.29 is 4.79 Å². The number of likely N-dealkylation sites (tertiary alicyclic amines) is 1. The van der Waals surface area contributed by atoms with Crippen LogP contribution in [0.3, 0.4) is 0 Å². The number of rotatable bonds is 0. The number of piperazine rings is 1. The molecule has 2 aliphatic heterocycles. The minimum Gasteiger partial charge on any atom is -0.325 e. The molecular formula is C12H23N3O. The Hall–Kier alpha value is -0.770. The molecule has 0 saturated carbocycles. The average Bonchev–Trinajstić information content (AvgIpc) is 2.30. The molecule has 0 unspecified atom stereocenters. The molecule has 0 N–H and O–H groups in total. The first-order valence-corrected chi connectivity index (χ1v) is 6.39. The van der Waals surface area contributed by atoms with E-state index in [0.29, 0.717) is 0 Å². The van der Waals surface area contributed by atoms with Gasteiger partial charge in [0.15, 0.2) is 0 Å². The van der Waals surface area contributed by atoms with Crippen molar-refractivity contribution >= 4 is 6.03 Å². The summed E-state index contributed by atoms with van der Waals surface area (Å²) in [5.41, 5.74) is 0. The fourth-order valence-corrected chi connectivity index (χ4v) is 2.40. The minimum absolute atomic E-state index is 0.264. The van der Waals surface area contributed by atoms with Crippen LogP contribution in [0.25, 0.3) is 0 Å². The Labute approximate surface area is 98.2 Å². The topological polar surface area (TPSA) is 26.8 Å². The molecule has 2 heterocycles. The summed E-state index contributed by atoms with van der Waals surface area (Å²) < 4.78 is 0. The molecule has 2 saturated heterocycles. The molecule has 16 heavy (non-hydrogen) atoms. The number of hydrogen-bond acceptors (Lipinski definition) is 2. The van der Waals surface area contributed by atoms with E-state index >= 15 is 0 Å². The van der Waals surface area contributed by atoms with Gasteiger partial charge in [0.25, 0.3) is 0 Å². The molecule has 2 rings (SSSR count). The molecule has 92 valence electrons. The van der Waals surface area contributed by atoms with Crippen molar-refractivity contribution in [3.63, 3.8) is 0 Å². The molecule has 0 bridgehead atoms. The van der Waals surface area contributed by atoms with Crippen LogP contribution in [0.5, 0.6) is 0 Å². The van der Waals surface area contributed by atoms with E-state index in [-0.39, 0.29) is 6.03 Å². The first-order valence-electron chi connectivity index (χ1n) is 6.39. The SMILES string of the molecule is CC1CCN(C(=O)N2CCN(C)CC2)CC1. The van der Waals surface area contributed by atoms with Crippen molar-refractivity contribution in [1.29, 1.82) is 0 Å². The van der Waals surface area contributed by atoms with Gasteiger partial charge in [-0.3, -0.25) is 0 Å². The highest BCUT2D eigenvalue weighted by Gasteiger charge is 2.26. The van der Waals surface area contributed by atoms with Gasteiger partial charge in [0.2, 0.25) is 0 Å². The van der Waals surface area contributed by atoms with Gasteiger partial charge in [0.1, 0.15) is 0 Å². The summed E-state index contributed by atoms with van der Waals surface area (Å²) >= 11 is 0. The Bertz CT molecular complexity index is 217. The summed E-state index contributed by atoms with van der Waals surface area (Å²) in [6, 6.07) is 0.264. The van der Waals surface area contributed by atoms with Crippen LogP contribution in [0, 0.1) is 5.92 Å². The largest absolute Gasteiger partial charge is 0.325 e. The Morgan fingerprint density at radius 2 is 1.44 bits per heavy atom. The number of carbonyl (C=O) groups excluding carboxylic acids is 1. The second kappa shape index (κ2) is 5.04. The van der Waals surface area contributed by atoms with Gasteiger partial charge in [-0.05, 0) is 25.8 Å². The standard InChI is InChI=1S/C12H23N3O/c1-11-3-5-14(6-4-11)12(16)15-9-7-13(2)8-10-15/h11H,3-10H2,1-2H3. The number of carbonyl (C=O) groups is 1. The fourth-order valence-electron chi connectivity index (χ4n) is 2.40. The van der Waals surface area contributed by atoms with Gasteiger partial charge >= 0.3 is 6.03 Å². The third-order valence-electron chi connectivity index (χ3n) is 3.83. The van der Waals surface area contributed by atoms with Crippen molar-refractivity contribution in [3.05, 3.63) is 0 Å². The molecular weight excluding hydrogens is 202 g/mol. The first kappa shape index (κ1) is 11.7. The van der Waals surface area contributed by atoms with E-state index in [4.69, 9.17) is 0 Å². The lowest BCUT2D eigenvalue weighted by Gasteiger charge is -2.38. The fraction of sp³-hybridized carbons (Fsp3) is 0.917. The number of hydrogen-bond donors (Lipinski definition) is 0. The minimum atomic E-state index is 0.264. The lowest BCUT2D eigenvalue weighted by Crippen LogP contribution is -2.53. The normalized spacial score (nSPS) is 24.9. The first-order chi connectivity index (χ1) is 7.66. The van der Waals surface area contributed by atoms with E-state index in [1.807, 2.05) is 9.80 Å². The molecule has 2 amide bonds. The molecule has 2 fully saturated rings. The van der Waals surface area contributed by atoms with Gasteiger partial charge in [-0.25, -0.2) is 4.79 Å². The summed E-state index contributed by atoms with van der Waals surface area (Å²) in [5.74, 6) is 0.788. The maximum atomic E-state index is 12.2. The van der Waals surface area contributed by atoms with E-state index in [9.17, 15) is 4.79 Å². The molecule has 4 nitrogen and oxygen atoms in total. The maximum absolute atomic E-state index is 12.2. The molecule has 4 heteroatoms. The van der Waals surface area contributed by atoms with Crippen molar-refractivity contribution in [1.82, 2.24) is 14.7 Å². The van der Waals surface area contributed by atoms with Crippen LogP contribution < -0.4 is 0 Å². The zero-order chi connectivity index (χ0) is 11.5. The number of amides is 2. The van der Waals surface area contributed by atoms with Gasteiger partial charge in [-0.15, -0.1) is 0 Å². The highest BCUT2D eigenvalue weighted by atomic mass is 16.2. The Kier molecular flexibility index (Phi) is 3.69. The summed E-state index contributed by atoms with van der Waals surface area (Å²) in [6.07, 6.45) is 2.33. The molecule has 2 aliphatic rings. The second-order valence-corrected chi connectivity index (χ2v) is 5.24. The lowest BCUT2D eigenvalue weighted by molar-refractivity contribution is 0.110. The Balaban J connectivity index is 1.83. The molecule has 0 aliphatic carbocycles. The van der Waals surface area contributed by atoms with Crippen LogP contribution in [0.1, 0.15) is 19.8 Å². The lowest BCUT2D eigenvalue weighted by atomic mass is 9.99. The molecule has 0 aromatic carbocycles. The Morgan fingerprint density at radius 3 is 2.00 bits per heavy atom. The van der Waals surface area contributed by atoms with Gasteiger partial charge in [-0.2, -0.15) is 0 Å². The zero-order valence-electron chi connectivity index (χ0n) is 10.5. The smallest absolute Gasteiger partial charge is 0.320 e. The molecule has 0 aromatic rings. The van der Waals surface area contributed by atoms with E-state index in [0.717, 1.165) is 45.2 Å². The summed E-state index contributed by atoms with van der Waals surface area (Å²) in [4.78, 5) is 18.5. The highest BCUT2D eigenvalue weighted by molar-refractivity contribution is 5.74. The predicted molar refractivity (Wildman–Crippen MR) is 64.4 cm³/mol. The van der Waals surface area contributed by atoms with Crippen molar-refractivity contribution in [2.75, 3.05) is 46.3 Å². The van der Waals surface area contributed by atoms with Crippen molar-refractivity contribution in [2.24, 2.45) is 5.92 Å². The Morgan fingerprint density at radius 1 is 0.938 bits per heavy atom. The van der Waals surface area contributed by atoms with E-state index in [2.05, 4.69) is 18.9 Å². The molecule has 0 radical (unpaired) electrons. The zero-order valence-corrected chi connectivity index (χ0v) is 10.5. The predicted octanol–water partition coefficient (Wildman–Crippen LogP) is 1.09. The van der Waals surface area contributed by atoms with Crippen LogP contribution in [0.15, 0.2) is 0 Å². The van der Waals surface area contributed by atoms with Crippen LogP contribution in [0.4, 0.5) is 4.79 Å². The molecule has 0 atom stereocenters. The van der Waals surface area contributed by atoms with Gasteiger partial charge in [-0.1, -0.05) is 6.92 Å². The van der Waals surface area contributed by atoms with Crippen LogP contribution >= 0.6 is 0 Å². The quantitative estimate of drug-likeness (QED) is 0.617. The second-order valence-electron chi connectivity index (χ2n) is 5.24. The van der Waals surface area contributed by atoms with Crippen molar-refractivity contribution in [3.8, 4) is 0 Å². The van der Waals surface area contributed by atoms with Crippen molar-refractivity contribution in [2.45, 2.75) is 19.8 Å². The van der Waals surface area contributed by atoms with Gasteiger partial charge < -0.3 is 14.7 Å². The summed E-state index contributed by atoms with van der Waals surface area (Å²) in [6.45, 7) is 7.98. The van der Waals surface area contributed by atoms with E-state index < -0.39 is 0 Å². The summed E-state index contributed by atoms with van der Waals surface area (Å²) in [7, 11) is 2.12. The number of nitrogens with zero attached hydrogens (tertiary/aromatic N) is 3. The number of urea groups is 1. The highest BCUT2D eigenvalue weighted by Crippen LogP contribution is 2.17. The van der Waals surface area contributed by atoms with E-state index in [1.54, 1.807) is 0 Å². The average molecular weight is 225 g/mol. The monoisotopic (exact) mass is 225 g/mol. The van der Waals surface area contributed by atoms with Crippen LogP contribution in [-0.4, -0.2) is 67.0 Å². The number of likely N-dealkylation sites (N-methyl/N-ethyl adjacent to an activating group) is 1. The molecule has 0 aromatic heterocycles. The summed E-state index contributed by atoms with van der Waals surface area (Å²) in [5, 5.41) is 0. The van der Waals surface area contributed by atoms with Crippen LogP contribution in [-0.2, 0) is 0 Å². The third-order valence-corrected chi connectivity index (χ3v) is 3.83. The third kappa shape index (κ3) is 2.67. The van der Waals surface area contributed by atoms with Crippen LogP contribution in [0.2, 0.25) is 0 Å². The number of piperidine rings is 1. The van der Waals surface area contributed by atoms with E-state index in [1.165, 1.54) is 12.8 Å². The van der Waals surface area contributed by atoms with Gasteiger partial charge in [0.05, 0.1) is 0 Å². The van der Waals surface area contributed by atoms with Gasteiger partial charge in [0, 0.05) is 39.3 Å². The molecule has 0 spiro atoms. The maximum Gasteiger partial charge on any atom is 0.320 e.